The smallest absolute Gasteiger partial charge is 0.228 e. The summed E-state index contributed by atoms with van der Waals surface area (Å²) >= 11 is 0. The molecule has 1 saturated carbocycles. The summed E-state index contributed by atoms with van der Waals surface area (Å²) in [6.45, 7) is 8.30. The third kappa shape index (κ3) is 2.65. The summed E-state index contributed by atoms with van der Waals surface area (Å²) in [6.07, 6.45) is 2.16. The zero-order chi connectivity index (χ0) is 14.2. The summed E-state index contributed by atoms with van der Waals surface area (Å²) in [5, 5.41) is 12.5. The number of hydrogen-bond acceptors (Lipinski definition) is 2. The Hall–Kier alpha value is -1.77. The van der Waals surface area contributed by atoms with Crippen LogP contribution in [0.4, 0.5) is 5.69 Å². The lowest BCUT2D eigenvalue weighted by molar-refractivity contribution is -0.118. The lowest BCUT2D eigenvalue weighted by Crippen LogP contribution is -2.16. The van der Waals surface area contributed by atoms with Crippen LogP contribution < -0.4 is 5.32 Å². The van der Waals surface area contributed by atoms with Crippen LogP contribution in [0.25, 0.3) is 0 Å². The van der Waals surface area contributed by atoms with E-state index in [0.29, 0.717) is 5.69 Å². The molecule has 19 heavy (non-hydrogen) atoms. The zero-order valence-corrected chi connectivity index (χ0v) is 11.9. The number of para-hydroxylation sites is 2. The fourth-order valence-electron chi connectivity index (χ4n) is 2.64. The van der Waals surface area contributed by atoms with E-state index in [1.54, 1.807) is 24.3 Å². The Balaban J connectivity index is 2.10. The number of carbonyl (C=O) groups is 1. The highest BCUT2D eigenvalue weighted by Gasteiger charge is 2.60. The lowest BCUT2D eigenvalue weighted by Gasteiger charge is -2.07. The van der Waals surface area contributed by atoms with E-state index < -0.39 is 0 Å². The molecular weight excluding hydrogens is 238 g/mol. The summed E-state index contributed by atoms with van der Waals surface area (Å²) in [4.78, 5) is 12.3. The van der Waals surface area contributed by atoms with Gasteiger partial charge in [0.05, 0.1) is 11.6 Å². The van der Waals surface area contributed by atoms with Crippen LogP contribution in [0.3, 0.4) is 0 Å². The number of amides is 1. The molecule has 0 spiro atoms. The van der Waals surface area contributed by atoms with Crippen molar-refractivity contribution in [2.75, 3.05) is 5.32 Å². The standard InChI is InChI=1S/C16H21NO2/c1-10(2)9-11-14(16(11,3)4)15(19)17-12-7-5-6-8-13(12)18/h5-9,11,14,18H,1-4H3,(H,17,19)/t11-,14-/m0/s1. The van der Waals surface area contributed by atoms with Crippen LogP contribution in [-0.2, 0) is 4.79 Å². The van der Waals surface area contributed by atoms with E-state index in [0.717, 1.165) is 0 Å². The van der Waals surface area contributed by atoms with Gasteiger partial charge in [-0.2, -0.15) is 0 Å². The van der Waals surface area contributed by atoms with Crippen LogP contribution in [0.2, 0.25) is 0 Å². The van der Waals surface area contributed by atoms with E-state index in [-0.39, 0.29) is 28.9 Å². The van der Waals surface area contributed by atoms with Gasteiger partial charge >= 0.3 is 0 Å². The molecule has 1 fully saturated rings. The van der Waals surface area contributed by atoms with Gasteiger partial charge in [-0.15, -0.1) is 0 Å². The molecule has 0 heterocycles. The van der Waals surface area contributed by atoms with Crippen molar-refractivity contribution in [2.45, 2.75) is 27.7 Å². The van der Waals surface area contributed by atoms with E-state index in [1.807, 2.05) is 13.8 Å². The average Bonchev–Trinajstić information content (AvgIpc) is 2.82. The molecular formula is C16H21NO2. The van der Waals surface area contributed by atoms with Crippen molar-refractivity contribution in [3.8, 4) is 5.75 Å². The minimum absolute atomic E-state index is 0.00818. The van der Waals surface area contributed by atoms with Crippen molar-refractivity contribution < 1.29 is 9.90 Å². The molecule has 0 unspecified atom stereocenters. The first-order chi connectivity index (χ1) is 8.84. The third-order valence-corrected chi connectivity index (χ3v) is 3.87. The number of phenols is 1. The molecule has 2 rings (SSSR count). The highest BCUT2D eigenvalue weighted by molar-refractivity contribution is 5.96. The first kappa shape index (κ1) is 13.7. The van der Waals surface area contributed by atoms with Gasteiger partial charge in [-0.25, -0.2) is 0 Å². The number of hydrogen-bond donors (Lipinski definition) is 2. The van der Waals surface area contributed by atoms with Gasteiger partial charge in [0.1, 0.15) is 5.75 Å². The second-order valence-corrected chi connectivity index (χ2v) is 6.08. The number of anilines is 1. The van der Waals surface area contributed by atoms with Crippen molar-refractivity contribution in [2.24, 2.45) is 17.3 Å². The first-order valence-electron chi connectivity index (χ1n) is 6.58. The molecule has 0 aliphatic heterocycles. The monoisotopic (exact) mass is 259 g/mol. The van der Waals surface area contributed by atoms with Crippen molar-refractivity contribution in [3.05, 3.63) is 35.9 Å². The summed E-state index contributed by atoms with van der Waals surface area (Å²) in [6, 6.07) is 6.80. The molecule has 1 aliphatic rings. The van der Waals surface area contributed by atoms with Gasteiger partial charge in [-0.05, 0) is 37.3 Å². The fourth-order valence-corrected chi connectivity index (χ4v) is 2.64. The zero-order valence-electron chi connectivity index (χ0n) is 11.9. The molecule has 0 radical (unpaired) electrons. The van der Waals surface area contributed by atoms with Crippen molar-refractivity contribution in [3.63, 3.8) is 0 Å². The predicted octanol–water partition coefficient (Wildman–Crippen LogP) is 3.57. The van der Waals surface area contributed by atoms with Crippen molar-refractivity contribution in [1.29, 1.82) is 0 Å². The molecule has 102 valence electrons. The minimum Gasteiger partial charge on any atom is -0.506 e. The van der Waals surface area contributed by atoms with Gasteiger partial charge in [-0.1, -0.05) is 37.6 Å². The highest BCUT2D eigenvalue weighted by atomic mass is 16.3. The number of allylic oxidation sites excluding steroid dienone is 2. The summed E-state index contributed by atoms with van der Waals surface area (Å²) in [5.41, 5.74) is 1.70. The van der Waals surface area contributed by atoms with Crippen LogP contribution in [0.5, 0.6) is 5.75 Å². The third-order valence-electron chi connectivity index (χ3n) is 3.87. The van der Waals surface area contributed by atoms with E-state index in [9.17, 15) is 9.90 Å². The van der Waals surface area contributed by atoms with Crippen LogP contribution in [0.1, 0.15) is 27.7 Å². The van der Waals surface area contributed by atoms with Crippen molar-refractivity contribution in [1.82, 2.24) is 0 Å². The Kier molecular flexibility index (Phi) is 3.40. The van der Waals surface area contributed by atoms with Gasteiger partial charge in [0, 0.05) is 0 Å². The predicted molar refractivity (Wildman–Crippen MR) is 76.9 cm³/mol. The molecule has 1 aromatic rings. The normalized spacial score (nSPS) is 23.6. The maximum Gasteiger partial charge on any atom is 0.228 e. The van der Waals surface area contributed by atoms with E-state index >= 15 is 0 Å². The number of nitrogens with one attached hydrogen (secondary N) is 1. The molecule has 0 bridgehead atoms. The second kappa shape index (κ2) is 4.72. The maximum atomic E-state index is 12.3. The molecule has 3 heteroatoms. The van der Waals surface area contributed by atoms with Crippen LogP contribution in [0, 0.1) is 17.3 Å². The summed E-state index contributed by atoms with van der Waals surface area (Å²) in [7, 11) is 0. The minimum atomic E-state index is -0.0259. The van der Waals surface area contributed by atoms with Gasteiger partial charge in [0.15, 0.2) is 0 Å². The molecule has 0 aromatic heterocycles. The number of carbonyl (C=O) groups excluding carboxylic acids is 1. The van der Waals surface area contributed by atoms with Gasteiger partial charge < -0.3 is 10.4 Å². The Morgan fingerprint density at radius 1 is 1.32 bits per heavy atom. The Morgan fingerprint density at radius 2 is 1.95 bits per heavy atom. The van der Waals surface area contributed by atoms with Crippen LogP contribution in [-0.4, -0.2) is 11.0 Å². The first-order valence-corrected chi connectivity index (χ1v) is 6.58. The molecule has 2 N–H and O–H groups in total. The SMILES string of the molecule is CC(C)=C[C@H]1[C@@H](C(=O)Nc2ccccc2O)C1(C)C. The molecule has 1 aromatic carbocycles. The van der Waals surface area contributed by atoms with Gasteiger partial charge in [-0.3, -0.25) is 4.79 Å². The molecule has 0 saturated heterocycles. The van der Waals surface area contributed by atoms with Crippen LogP contribution in [0.15, 0.2) is 35.9 Å². The molecule has 1 aliphatic carbocycles. The largest absolute Gasteiger partial charge is 0.506 e. The highest BCUT2D eigenvalue weighted by Crippen LogP contribution is 2.59. The molecule has 1 amide bonds. The van der Waals surface area contributed by atoms with Crippen LogP contribution >= 0.6 is 0 Å². The van der Waals surface area contributed by atoms with E-state index in [4.69, 9.17) is 0 Å². The molecule has 3 nitrogen and oxygen atoms in total. The van der Waals surface area contributed by atoms with Gasteiger partial charge in [0.2, 0.25) is 5.91 Å². The van der Waals surface area contributed by atoms with E-state index in [1.165, 1.54) is 5.57 Å². The van der Waals surface area contributed by atoms with Gasteiger partial charge in [0.25, 0.3) is 0 Å². The second-order valence-electron chi connectivity index (χ2n) is 6.08. The fraction of sp³-hybridized carbons (Fsp3) is 0.438. The average molecular weight is 259 g/mol. The maximum absolute atomic E-state index is 12.3. The Morgan fingerprint density at radius 3 is 2.53 bits per heavy atom. The number of rotatable bonds is 3. The summed E-state index contributed by atoms with van der Waals surface area (Å²) < 4.78 is 0. The number of phenolic OH excluding ortho intramolecular Hbond substituents is 1. The Labute approximate surface area is 114 Å². The van der Waals surface area contributed by atoms with E-state index in [2.05, 4.69) is 25.2 Å². The Bertz CT molecular complexity index is 527. The molecule has 2 atom stereocenters. The van der Waals surface area contributed by atoms with Crippen molar-refractivity contribution >= 4 is 11.6 Å². The number of aromatic hydroxyl groups is 1. The quantitative estimate of drug-likeness (QED) is 0.644. The lowest BCUT2D eigenvalue weighted by atomic mass is 10.1. The topological polar surface area (TPSA) is 49.3 Å². The number of benzene rings is 1. The summed E-state index contributed by atoms with van der Waals surface area (Å²) in [5.74, 6) is 0.340.